The number of nitriles is 1. The standard InChI is InChI=1S/C21H18F3N5O2/c22-21(23,24)31-14-1-2-15(17(26)9-14)20(30)29-7-4-12(5-8-29)18-13(10-25)11-28-19-16(18)3-6-27-19/h1-3,6,9,11-12H,4-5,7-8,26H2,(H,27,28). The largest absolute Gasteiger partial charge is 0.573 e. The second-order valence-corrected chi connectivity index (χ2v) is 7.30. The molecule has 0 radical (unpaired) electrons. The number of aromatic nitrogens is 2. The van der Waals surface area contributed by atoms with Crippen molar-refractivity contribution in [2.75, 3.05) is 18.8 Å². The van der Waals surface area contributed by atoms with E-state index in [9.17, 15) is 23.2 Å². The highest BCUT2D eigenvalue weighted by molar-refractivity contribution is 5.99. The number of carbonyl (C=O) groups excluding carboxylic acids is 1. The molecule has 0 atom stereocenters. The minimum absolute atomic E-state index is 0.0798. The van der Waals surface area contributed by atoms with Gasteiger partial charge in [0, 0.05) is 42.6 Å². The Labute approximate surface area is 175 Å². The molecule has 1 amide bonds. The van der Waals surface area contributed by atoms with Gasteiger partial charge in [-0.25, -0.2) is 4.98 Å². The SMILES string of the molecule is N#Cc1cnc2[nH]ccc2c1C1CCN(C(=O)c2ccc(OC(F)(F)F)cc2N)CC1. The van der Waals surface area contributed by atoms with E-state index in [2.05, 4.69) is 20.8 Å². The number of carbonyl (C=O) groups is 1. The van der Waals surface area contributed by atoms with E-state index in [-0.39, 0.29) is 23.1 Å². The van der Waals surface area contributed by atoms with E-state index in [1.165, 1.54) is 6.07 Å². The monoisotopic (exact) mass is 429 g/mol. The Bertz CT molecular complexity index is 1170. The molecule has 7 nitrogen and oxygen atoms in total. The Morgan fingerprint density at radius 3 is 2.68 bits per heavy atom. The van der Waals surface area contributed by atoms with Crippen LogP contribution in [0, 0.1) is 11.3 Å². The van der Waals surface area contributed by atoms with E-state index < -0.39 is 12.1 Å². The lowest BCUT2D eigenvalue weighted by molar-refractivity contribution is -0.274. The molecule has 0 aliphatic carbocycles. The van der Waals surface area contributed by atoms with Gasteiger partial charge in [-0.1, -0.05) is 0 Å². The van der Waals surface area contributed by atoms with Crippen LogP contribution in [0.15, 0.2) is 36.7 Å². The van der Waals surface area contributed by atoms with Crippen LogP contribution < -0.4 is 10.5 Å². The zero-order chi connectivity index (χ0) is 22.2. The number of piperidine rings is 1. The van der Waals surface area contributed by atoms with Crippen molar-refractivity contribution < 1.29 is 22.7 Å². The number of rotatable bonds is 3. The first-order valence-electron chi connectivity index (χ1n) is 9.57. The van der Waals surface area contributed by atoms with Crippen LogP contribution in [-0.4, -0.2) is 40.2 Å². The Balaban J connectivity index is 1.49. The van der Waals surface area contributed by atoms with Crippen molar-refractivity contribution in [1.29, 1.82) is 5.26 Å². The molecule has 3 N–H and O–H groups in total. The highest BCUT2D eigenvalue weighted by Crippen LogP contribution is 2.35. The van der Waals surface area contributed by atoms with Crippen LogP contribution in [0.4, 0.5) is 18.9 Å². The van der Waals surface area contributed by atoms with Crippen LogP contribution in [0.25, 0.3) is 11.0 Å². The van der Waals surface area contributed by atoms with Crippen molar-refractivity contribution in [2.24, 2.45) is 0 Å². The fourth-order valence-electron chi connectivity index (χ4n) is 4.03. The van der Waals surface area contributed by atoms with E-state index in [4.69, 9.17) is 5.73 Å². The van der Waals surface area contributed by atoms with Crippen molar-refractivity contribution in [3.8, 4) is 11.8 Å². The molecule has 1 aromatic carbocycles. The molecule has 1 aliphatic rings. The summed E-state index contributed by atoms with van der Waals surface area (Å²) < 4.78 is 40.9. The summed E-state index contributed by atoms with van der Waals surface area (Å²) in [6.07, 6.45) is -0.230. The average molecular weight is 429 g/mol. The fourth-order valence-corrected chi connectivity index (χ4v) is 4.03. The third-order valence-electron chi connectivity index (χ3n) is 5.43. The number of nitrogens with one attached hydrogen (secondary N) is 1. The zero-order valence-corrected chi connectivity index (χ0v) is 16.2. The van der Waals surface area contributed by atoms with Gasteiger partial charge in [0.15, 0.2) is 0 Å². The summed E-state index contributed by atoms with van der Waals surface area (Å²) >= 11 is 0. The molecule has 160 valence electrons. The number of hydrogen-bond acceptors (Lipinski definition) is 5. The van der Waals surface area contributed by atoms with Crippen molar-refractivity contribution in [3.05, 3.63) is 53.3 Å². The predicted octanol–water partition coefficient (Wildman–Crippen LogP) is 3.94. The fraction of sp³-hybridized carbons (Fsp3) is 0.286. The number of halogens is 3. The number of aromatic amines is 1. The van der Waals surface area contributed by atoms with Crippen molar-refractivity contribution in [1.82, 2.24) is 14.9 Å². The molecule has 2 aromatic heterocycles. The summed E-state index contributed by atoms with van der Waals surface area (Å²) in [5.41, 5.74) is 8.01. The van der Waals surface area contributed by atoms with Gasteiger partial charge in [-0.2, -0.15) is 5.26 Å². The summed E-state index contributed by atoms with van der Waals surface area (Å²) in [5.74, 6) is -0.742. The van der Waals surface area contributed by atoms with E-state index in [0.717, 1.165) is 23.1 Å². The lowest BCUT2D eigenvalue weighted by atomic mass is 9.85. The van der Waals surface area contributed by atoms with Crippen LogP contribution in [0.1, 0.15) is 40.2 Å². The zero-order valence-electron chi connectivity index (χ0n) is 16.2. The second-order valence-electron chi connectivity index (χ2n) is 7.30. The molecule has 1 aliphatic heterocycles. The topological polar surface area (TPSA) is 108 Å². The first-order chi connectivity index (χ1) is 14.8. The first kappa shape index (κ1) is 20.5. The molecule has 1 fully saturated rings. The number of anilines is 1. The lowest BCUT2D eigenvalue weighted by Crippen LogP contribution is -2.38. The molecule has 3 aromatic rings. The first-order valence-corrected chi connectivity index (χ1v) is 9.57. The molecular weight excluding hydrogens is 411 g/mol. The molecule has 1 saturated heterocycles. The molecule has 31 heavy (non-hydrogen) atoms. The third-order valence-corrected chi connectivity index (χ3v) is 5.43. The van der Waals surface area contributed by atoms with E-state index in [1.807, 2.05) is 6.07 Å². The maximum atomic E-state index is 12.9. The maximum absolute atomic E-state index is 12.9. The van der Waals surface area contributed by atoms with Crippen LogP contribution in [0.3, 0.4) is 0 Å². The summed E-state index contributed by atoms with van der Waals surface area (Å²) in [7, 11) is 0. The van der Waals surface area contributed by atoms with Gasteiger partial charge in [-0.3, -0.25) is 4.79 Å². The number of ether oxygens (including phenoxy) is 1. The van der Waals surface area contributed by atoms with Gasteiger partial charge >= 0.3 is 6.36 Å². The van der Waals surface area contributed by atoms with Gasteiger partial charge in [0.1, 0.15) is 17.5 Å². The molecule has 0 saturated carbocycles. The van der Waals surface area contributed by atoms with Crippen LogP contribution in [-0.2, 0) is 0 Å². The number of benzene rings is 1. The van der Waals surface area contributed by atoms with Crippen molar-refractivity contribution in [2.45, 2.75) is 25.1 Å². The number of pyridine rings is 1. The maximum Gasteiger partial charge on any atom is 0.573 e. The molecule has 0 spiro atoms. The van der Waals surface area contributed by atoms with E-state index in [1.54, 1.807) is 17.3 Å². The van der Waals surface area contributed by atoms with Gasteiger partial charge < -0.3 is 20.4 Å². The summed E-state index contributed by atoms with van der Waals surface area (Å²) in [5, 5.41) is 10.4. The molecule has 3 heterocycles. The number of hydrogen-bond donors (Lipinski definition) is 2. The van der Waals surface area contributed by atoms with Crippen molar-refractivity contribution in [3.63, 3.8) is 0 Å². The Kier molecular flexibility index (Phi) is 5.19. The highest BCUT2D eigenvalue weighted by atomic mass is 19.4. The quantitative estimate of drug-likeness (QED) is 0.613. The summed E-state index contributed by atoms with van der Waals surface area (Å²) in [6, 6.07) is 7.39. The van der Waals surface area contributed by atoms with E-state index in [0.29, 0.717) is 37.1 Å². The predicted molar refractivity (Wildman–Crippen MR) is 106 cm³/mol. The Hall–Kier alpha value is -3.74. The van der Waals surface area contributed by atoms with Crippen molar-refractivity contribution >= 4 is 22.6 Å². The van der Waals surface area contributed by atoms with Gasteiger partial charge in [0.25, 0.3) is 5.91 Å². The molecule has 0 bridgehead atoms. The average Bonchev–Trinajstić information content (AvgIpc) is 3.20. The van der Waals surface area contributed by atoms with Gasteiger partial charge in [0.05, 0.1) is 11.1 Å². The normalized spacial score (nSPS) is 15.1. The second kappa shape index (κ2) is 7.83. The van der Waals surface area contributed by atoms with Crippen LogP contribution in [0.5, 0.6) is 5.75 Å². The number of nitrogens with two attached hydrogens (primary N) is 1. The van der Waals surface area contributed by atoms with E-state index >= 15 is 0 Å². The number of fused-ring (bicyclic) bond motifs is 1. The molecule has 0 unspecified atom stereocenters. The number of nitrogens with zero attached hydrogens (tertiary/aromatic N) is 3. The minimum Gasteiger partial charge on any atom is -0.406 e. The smallest absolute Gasteiger partial charge is 0.406 e. The summed E-state index contributed by atoms with van der Waals surface area (Å²) in [6.45, 7) is 0.867. The minimum atomic E-state index is -4.83. The van der Waals surface area contributed by atoms with Crippen LogP contribution >= 0.6 is 0 Å². The van der Waals surface area contributed by atoms with Gasteiger partial charge in [-0.15, -0.1) is 13.2 Å². The van der Waals surface area contributed by atoms with Gasteiger partial charge in [-0.05, 0) is 42.5 Å². The number of nitrogen functional groups attached to an aromatic ring is 1. The summed E-state index contributed by atoms with van der Waals surface area (Å²) in [4.78, 5) is 21.8. The molecular formula is C21H18F3N5O2. The number of H-pyrrole nitrogens is 1. The molecule has 10 heteroatoms. The number of likely N-dealkylation sites (tertiary alicyclic amines) is 1. The van der Waals surface area contributed by atoms with Gasteiger partial charge in [0.2, 0.25) is 0 Å². The lowest BCUT2D eigenvalue weighted by Gasteiger charge is -2.33. The number of alkyl halides is 3. The number of amides is 1. The van der Waals surface area contributed by atoms with Crippen LogP contribution in [0.2, 0.25) is 0 Å². The Morgan fingerprint density at radius 1 is 1.29 bits per heavy atom. The highest BCUT2D eigenvalue weighted by Gasteiger charge is 2.32. The Morgan fingerprint density at radius 2 is 2.03 bits per heavy atom. The third kappa shape index (κ3) is 4.12. The molecule has 4 rings (SSSR count).